The first-order valence-electron chi connectivity index (χ1n) is 6.21. The lowest BCUT2D eigenvalue weighted by Gasteiger charge is -2.23. The van der Waals surface area contributed by atoms with Crippen molar-refractivity contribution in [2.45, 2.75) is 19.3 Å². The van der Waals surface area contributed by atoms with E-state index in [1.54, 1.807) is 0 Å². The number of allylic oxidation sites excluding steroid dienone is 1. The molecule has 0 aromatic heterocycles. The van der Waals surface area contributed by atoms with Crippen LogP contribution in [0.1, 0.15) is 24.0 Å². The van der Waals surface area contributed by atoms with Crippen LogP contribution in [0.15, 0.2) is 30.3 Å². The highest BCUT2D eigenvalue weighted by Crippen LogP contribution is 2.34. The van der Waals surface area contributed by atoms with Crippen LogP contribution in [0.3, 0.4) is 0 Å². The number of methoxy groups -OCH3 is 1. The first-order chi connectivity index (χ1) is 9.13. The maximum absolute atomic E-state index is 11.8. The van der Waals surface area contributed by atoms with Gasteiger partial charge in [0.05, 0.1) is 19.4 Å². The van der Waals surface area contributed by atoms with Crippen molar-refractivity contribution < 1.29 is 19.4 Å². The van der Waals surface area contributed by atoms with Crippen molar-refractivity contribution in [2.24, 2.45) is 5.92 Å². The highest BCUT2D eigenvalue weighted by atomic mass is 16.5. The highest BCUT2D eigenvalue weighted by Gasteiger charge is 2.29. The molecule has 19 heavy (non-hydrogen) atoms. The molecule has 0 radical (unpaired) electrons. The van der Waals surface area contributed by atoms with Gasteiger partial charge in [0.25, 0.3) is 0 Å². The van der Waals surface area contributed by atoms with Crippen LogP contribution in [0.25, 0.3) is 5.57 Å². The molecule has 1 N–H and O–H groups in total. The molecule has 4 heteroatoms. The SMILES string of the molecule is COC(=O)[C@@H](CC(=O)O)C1=CCCc2ccccc21. The Hall–Kier alpha value is -2.10. The van der Waals surface area contributed by atoms with Gasteiger partial charge < -0.3 is 9.84 Å². The third-order valence-corrected chi connectivity index (χ3v) is 3.35. The first kappa shape index (κ1) is 13.3. The minimum Gasteiger partial charge on any atom is -0.481 e. The Labute approximate surface area is 111 Å². The zero-order chi connectivity index (χ0) is 13.8. The number of rotatable bonds is 4. The molecule has 0 aliphatic heterocycles. The lowest BCUT2D eigenvalue weighted by atomic mass is 9.82. The average Bonchev–Trinajstić information content (AvgIpc) is 2.43. The lowest BCUT2D eigenvalue weighted by Crippen LogP contribution is -2.22. The van der Waals surface area contributed by atoms with Crippen molar-refractivity contribution in [3.63, 3.8) is 0 Å². The van der Waals surface area contributed by atoms with Crippen molar-refractivity contribution >= 4 is 17.5 Å². The van der Waals surface area contributed by atoms with Gasteiger partial charge >= 0.3 is 11.9 Å². The topological polar surface area (TPSA) is 63.6 Å². The van der Waals surface area contributed by atoms with Crippen molar-refractivity contribution in [3.8, 4) is 0 Å². The van der Waals surface area contributed by atoms with E-state index in [9.17, 15) is 9.59 Å². The molecule has 0 bridgehead atoms. The predicted octanol–water partition coefficient (Wildman–Crippen LogP) is 2.28. The molecule has 1 aromatic carbocycles. The number of hydrogen-bond donors (Lipinski definition) is 1. The smallest absolute Gasteiger partial charge is 0.313 e. The Kier molecular flexibility index (Phi) is 4.00. The molecule has 1 aliphatic carbocycles. The van der Waals surface area contributed by atoms with Gasteiger partial charge in [-0.25, -0.2) is 0 Å². The van der Waals surface area contributed by atoms with Crippen LogP contribution in [0.2, 0.25) is 0 Å². The summed E-state index contributed by atoms with van der Waals surface area (Å²) in [5.74, 6) is -2.23. The van der Waals surface area contributed by atoms with Crippen LogP contribution >= 0.6 is 0 Å². The van der Waals surface area contributed by atoms with Crippen molar-refractivity contribution in [1.82, 2.24) is 0 Å². The van der Waals surface area contributed by atoms with Gasteiger partial charge in [0, 0.05) is 0 Å². The number of carbonyl (C=O) groups excluding carboxylic acids is 1. The van der Waals surface area contributed by atoms with E-state index in [-0.39, 0.29) is 6.42 Å². The Balaban J connectivity index is 2.39. The van der Waals surface area contributed by atoms with E-state index in [0.29, 0.717) is 0 Å². The van der Waals surface area contributed by atoms with Gasteiger partial charge in [0.2, 0.25) is 0 Å². The standard InChI is InChI=1S/C15H16O4/c1-19-15(18)13(9-14(16)17)12-8-4-6-10-5-2-3-7-11(10)12/h2-3,5,7-8,13H,4,6,9H2,1H3,(H,16,17)/t13-/m0/s1. The average molecular weight is 260 g/mol. The van der Waals surface area contributed by atoms with Crippen LogP contribution in [-0.4, -0.2) is 24.2 Å². The third-order valence-electron chi connectivity index (χ3n) is 3.35. The molecule has 0 spiro atoms. The number of aliphatic carboxylic acids is 1. The van der Waals surface area contributed by atoms with Gasteiger partial charge in [-0.1, -0.05) is 30.3 Å². The third kappa shape index (κ3) is 2.84. The summed E-state index contributed by atoms with van der Waals surface area (Å²) in [6.45, 7) is 0. The van der Waals surface area contributed by atoms with E-state index in [1.165, 1.54) is 7.11 Å². The maximum atomic E-state index is 11.8. The van der Waals surface area contributed by atoms with E-state index in [1.807, 2.05) is 30.3 Å². The lowest BCUT2D eigenvalue weighted by molar-refractivity contribution is -0.148. The first-order valence-corrected chi connectivity index (χ1v) is 6.21. The number of ether oxygens (including phenoxy) is 1. The molecule has 1 atom stereocenters. The Bertz CT molecular complexity index is 531. The number of esters is 1. The number of carboxylic acid groups (broad SMARTS) is 1. The summed E-state index contributed by atoms with van der Waals surface area (Å²) in [6.07, 6.45) is 3.44. The summed E-state index contributed by atoms with van der Waals surface area (Å²) >= 11 is 0. The van der Waals surface area contributed by atoms with Crippen LogP contribution in [0.5, 0.6) is 0 Å². The molecule has 0 unspecified atom stereocenters. The zero-order valence-electron chi connectivity index (χ0n) is 10.8. The Morgan fingerprint density at radius 2 is 2.11 bits per heavy atom. The fourth-order valence-corrected chi connectivity index (χ4v) is 2.48. The minimum absolute atomic E-state index is 0.243. The number of hydrogen-bond acceptors (Lipinski definition) is 3. The van der Waals surface area contributed by atoms with Crippen LogP contribution in [-0.2, 0) is 20.7 Å². The number of carboxylic acids is 1. The normalized spacial score (nSPS) is 15.1. The van der Waals surface area contributed by atoms with Gasteiger partial charge in [-0.3, -0.25) is 9.59 Å². The van der Waals surface area contributed by atoms with E-state index in [2.05, 4.69) is 0 Å². The molecule has 0 heterocycles. The second kappa shape index (κ2) is 5.69. The van der Waals surface area contributed by atoms with Crippen LogP contribution in [0, 0.1) is 5.92 Å². The summed E-state index contributed by atoms with van der Waals surface area (Å²) in [7, 11) is 1.28. The highest BCUT2D eigenvalue weighted by molar-refractivity contribution is 5.93. The van der Waals surface area contributed by atoms with Gasteiger partial charge in [-0.15, -0.1) is 0 Å². The van der Waals surface area contributed by atoms with Crippen molar-refractivity contribution in [1.29, 1.82) is 0 Å². The predicted molar refractivity (Wildman–Crippen MR) is 70.5 cm³/mol. The molecular formula is C15H16O4. The summed E-state index contributed by atoms with van der Waals surface area (Å²) in [5, 5.41) is 8.97. The summed E-state index contributed by atoms with van der Waals surface area (Å²) in [6, 6.07) is 7.79. The van der Waals surface area contributed by atoms with Crippen LogP contribution < -0.4 is 0 Å². The summed E-state index contributed by atoms with van der Waals surface area (Å²) in [4.78, 5) is 22.8. The fraction of sp³-hybridized carbons (Fsp3) is 0.333. The number of aryl methyl sites for hydroxylation is 1. The van der Waals surface area contributed by atoms with E-state index < -0.39 is 17.9 Å². The molecule has 0 fully saturated rings. The van der Waals surface area contributed by atoms with Crippen molar-refractivity contribution in [3.05, 3.63) is 41.5 Å². The molecule has 2 rings (SSSR count). The second-order valence-corrected chi connectivity index (χ2v) is 4.53. The molecule has 0 saturated carbocycles. The molecule has 1 aliphatic rings. The fourth-order valence-electron chi connectivity index (χ4n) is 2.48. The molecule has 100 valence electrons. The number of fused-ring (bicyclic) bond motifs is 1. The minimum atomic E-state index is -1.00. The van der Waals surface area contributed by atoms with Gasteiger partial charge in [0.1, 0.15) is 0 Å². The van der Waals surface area contributed by atoms with Gasteiger partial charge in [0.15, 0.2) is 0 Å². The van der Waals surface area contributed by atoms with E-state index >= 15 is 0 Å². The van der Waals surface area contributed by atoms with E-state index in [4.69, 9.17) is 9.84 Å². The quantitative estimate of drug-likeness (QED) is 0.843. The van der Waals surface area contributed by atoms with Crippen molar-refractivity contribution in [2.75, 3.05) is 7.11 Å². The monoisotopic (exact) mass is 260 g/mol. The molecular weight excluding hydrogens is 244 g/mol. The Morgan fingerprint density at radius 1 is 1.37 bits per heavy atom. The molecule has 4 nitrogen and oxygen atoms in total. The molecule has 0 saturated heterocycles. The van der Waals surface area contributed by atoms with Crippen LogP contribution in [0.4, 0.5) is 0 Å². The molecule has 1 aromatic rings. The summed E-state index contributed by atoms with van der Waals surface area (Å²) < 4.78 is 4.74. The second-order valence-electron chi connectivity index (χ2n) is 4.53. The van der Waals surface area contributed by atoms with E-state index in [0.717, 1.165) is 29.5 Å². The largest absolute Gasteiger partial charge is 0.481 e. The summed E-state index contributed by atoms with van der Waals surface area (Å²) in [5.41, 5.74) is 2.89. The molecule has 0 amide bonds. The number of benzene rings is 1. The number of carbonyl (C=O) groups is 2. The van der Waals surface area contributed by atoms with Gasteiger partial charge in [-0.05, 0) is 29.5 Å². The maximum Gasteiger partial charge on any atom is 0.313 e. The Morgan fingerprint density at radius 3 is 2.79 bits per heavy atom. The zero-order valence-corrected chi connectivity index (χ0v) is 10.8. The van der Waals surface area contributed by atoms with Gasteiger partial charge in [-0.2, -0.15) is 0 Å².